The zero-order valence-corrected chi connectivity index (χ0v) is 19.5. The summed E-state index contributed by atoms with van der Waals surface area (Å²) in [5, 5.41) is 0. The van der Waals surface area contributed by atoms with Crippen LogP contribution in [0, 0.1) is 0 Å². The Bertz CT molecular complexity index is 1210. The van der Waals surface area contributed by atoms with Crippen LogP contribution in [0.25, 0.3) is 0 Å². The van der Waals surface area contributed by atoms with E-state index in [4.69, 9.17) is 9.47 Å². The van der Waals surface area contributed by atoms with Crippen molar-refractivity contribution in [2.75, 3.05) is 45.9 Å². The first-order chi connectivity index (χ1) is 15.8. The minimum Gasteiger partial charge on any atom is -0.490 e. The first-order valence-corrected chi connectivity index (χ1v) is 13.4. The van der Waals surface area contributed by atoms with Crippen LogP contribution < -0.4 is 14.2 Å². The third-order valence-electron chi connectivity index (χ3n) is 5.42. The normalized spacial score (nSPS) is 17.4. The van der Waals surface area contributed by atoms with Crippen LogP contribution in [0.3, 0.4) is 0 Å². The van der Waals surface area contributed by atoms with Gasteiger partial charge in [0.15, 0.2) is 11.5 Å². The van der Waals surface area contributed by atoms with E-state index in [1.165, 1.54) is 39.5 Å². The number of ether oxygens (including phenoxy) is 2. The molecule has 2 aromatic rings. The van der Waals surface area contributed by atoms with Crippen LogP contribution in [0.15, 0.2) is 58.3 Å². The average molecular weight is 496 g/mol. The fourth-order valence-electron chi connectivity index (χ4n) is 3.58. The maximum absolute atomic E-state index is 12.7. The summed E-state index contributed by atoms with van der Waals surface area (Å²) in [5.74, 6) is 0.396. The van der Waals surface area contributed by atoms with Crippen molar-refractivity contribution >= 4 is 26.0 Å². The Morgan fingerprint density at radius 3 is 2.21 bits per heavy atom. The summed E-state index contributed by atoms with van der Waals surface area (Å²) in [7, 11) is -7.58. The number of carbonyl (C=O) groups is 1. The number of hydrogen-bond acceptors (Lipinski definition) is 7. The summed E-state index contributed by atoms with van der Waals surface area (Å²) in [5.41, 5.74) is 0. The molecular formula is C21H25N3O7S2. The van der Waals surface area contributed by atoms with Gasteiger partial charge in [-0.2, -0.15) is 4.31 Å². The molecule has 0 atom stereocenters. The van der Waals surface area contributed by atoms with Crippen molar-refractivity contribution < 1.29 is 31.1 Å². The fourth-order valence-corrected chi connectivity index (χ4v) is 6.01. The van der Waals surface area contributed by atoms with Crippen LogP contribution in [-0.2, 0) is 24.8 Å². The Kier molecular flexibility index (Phi) is 6.88. The number of nitrogens with one attached hydrogen (secondary N) is 1. The number of amides is 1. The standard InChI is InChI=1S/C21H25N3O7S2/c25-21(23-9-11-24(12-10-23)33(28,29)17-5-2-1-3-6-17)16-22-32(26,27)18-7-8-19-20(15-18)31-14-4-13-30-19/h1-3,5-8,15,22H,4,9-14,16H2. The highest BCUT2D eigenvalue weighted by molar-refractivity contribution is 7.89. The van der Waals surface area contributed by atoms with Gasteiger partial charge < -0.3 is 14.4 Å². The Labute approximate surface area is 193 Å². The first kappa shape index (κ1) is 23.5. The number of rotatable bonds is 6. The van der Waals surface area contributed by atoms with Gasteiger partial charge in [-0.25, -0.2) is 21.6 Å². The lowest BCUT2D eigenvalue weighted by molar-refractivity contribution is -0.131. The topological polar surface area (TPSA) is 122 Å². The third kappa shape index (κ3) is 5.29. The van der Waals surface area contributed by atoms with Gasteiger partial charge in [-0.3, -0.25) is 4.79 Å². The van der Waals surface area contributed by atoms with Crippen LogP contribution in [-0.4, -0.2) is 77.9 Å². The Balaban J connectivity index is 1.34. The van der Waals surface area contributed by atoms with Crippen molar-refractivity contribution in [2.45, 2.75) is 16.2 Å². The minimum absolute atomic E-state index is 0.0293. The molecule has 0 aromatic heterocycles. The molecule has 10 nitrogen and oxygen atoms in total. The molecule has 0 radical (unpaired) electrons. The van der Waals surface area contributed by atoms with Crippen LogP contribution in [0.4, 0.5) is 0 Å². The Morgan fingerprint density at radius 2 is 1.52 bits per heavy atom. The van der Waals surface area contributed by atoms with Crippen molar-refractivity contribution in [1.29, 1.82) is 0 Å². The van der Waals surface area contributed by atoms with Crippen molar-refractivity contribution in [3.05, 3.63) is 48.5 Å². The summed E-state index contributed by atoms with van der Waals surface area (Å²) in [4.78, 5) is 14.2. The molecule has 33 heavy (non-hydrogen) atoms. The van der Waals surface area contributed by atoms with E-state index in [1.54, 1.807) is 18.2 Å². The van der Waals surface area contributed by atoms with Gasteiger partial charge in [-0.15, -0.1) is 0 Å². The summed E-state index contributed by atoms with van der Waals surface area (Å²) in [6, 6.07) is 12.4. The van der Waals surface area contributed by atoms with E-state index in [2.05, 4.69) is 4.72 Å². The lowest BCUT2D eigenvalue weighted by atomic mass is 10.3. The molecule has 2 aliphatic heterocycles. The van der Waals surface area contributed by atoms with E-state index >= 15 is 0 Å². The average Bonchev–Trinajstić information content (AvgIpc) is 3.08. The number of nitrogens with zero attached hydrogens (tertiary/aromatic N) is 2. The third-order valence-corrected chi connectivity index (χ3v) is 8.73. The largest absolute Gasteiger partial charge is 0.490 e. The molecule has 1 N–H and O–H groups in total. The fraction of sp³-hybridized carbons (Fsp3) is 0.381. The summed E-state index contributed by atoms with van der Waals surface area (Å²) < 4.78 is 65.4. The van der Waals surface area contributed by atoms with E-state index in [0.29, 0.717) is 31.1 Å². The maximum atomic E-state index is 12.7. The maximum Gasteiger partial charge on any atom is 0.243 e. The monoisotopic (exact) mass is 495 g/mol. The molecule has 178 valence electrons. The molecule has 12 heteroatoms. The second kappa shape index (κ2) is 9.67. The molecule has 0 aliphatic carbocycles. The molecule has 4 rings (SSSR count). The molecule has 1 saturated heterocycles. The Morgan fingerprint density at radius 1 is 0.848 bits per heavy atom. The van der Waals surface area contributed by atoms with Gasteiger partial charge in [-0.05, 0) is 24.3 Å². The van der Waals surface area contributed by atoms with Crippen LogP contribution in [0.5, 0.6) is 11.5 Å². The lowest BCUT2D eigenvalue weighted by Crippen LogP contribution is -2.52. The number of fused-ring (bicyclic) bond motifs is 1. The SMILES string of the molecule is O=C(CNS(=O)(=O)c1ccc2c(c1)OCCCO2)N1CCN(S(=O)(=O)c2ccccc2)CC1. The smallest absolute Gasteiger partial charge is 0.243 e. The lowest BCUT2D eigenvalue weighted by Gasteiger charge is -2.34. The predicted octanol–water partition coefficient (Wildman–Crippen LogP) is 0.659. The second-order valence-corrected chi connectivity index (χ2v) is 11.3. The molecule has 0 spiro atoms. The molecule has 1 fully saturated rings. The molecular weight excluding hydrogens is 470 g/mol. The molecule has 2 aromatic carbocycles. The first-order valence-electron chi connectivity index (χ1n) is 10.5. The molecule has 0 saturated carbocycles. The van der Waals surface area contributed by atoms with E-state index < -0.39 is 32.5 Å². The number of piperazine rings is 1. The Hall–Kier alpha value is -2.67. The molecule has 0 unspecified atom stereocenters. The second-order valence-electron chi connectivity index (χ2n) is 7.58. The zero-order valence-electron chi connectivity index (χ0n) is 17.8. The van der Waals surface area contributed by atoms with Crippen molar-refractivity contribution in [3.8, 4) is 11.5 Å². The molecule has 1 amide bonds. The van der Waals surface area contributed by atoms with E-state index in [-0.39, 0.29) is 36.0 Å². The van der Waals surface area contributed by atoms with Gasteiger partial charge in [0.1, 0.15) is 0 Å². The van der Waals surface area contributed by atoms with Gasteiger partial charge in [0, 0.05) is 38.7 Å². The number of benzene rings is 2. The molecule has 2 aliphatic rings. The highest BCUT2D eigenvalue weighted by Crippen LogP contribution is 2.31. The quantitative estimate of drug-likeness (QED) is 0.625. The van der Waals surface area contributed by atoms with Gasteiger partial charge in [-0.1, -0.05) is 18.2 Å². The highest BCUT2D eigenvalue weighted by Gasteiger charge is 2.30. The van der Waals surface area contributed by atoms with Crippen LogP contribution >= 0.6 is 0 Å². The van der Waals surface area contributed by atoms with E-state index in [9.17, 15) is 21.6 Å². The molecule has 0 bridgehead atoms. The van der Waals surface area contributed by atoms with Crippen LogP contribution in [0.2, 0.25) is 0 Å². The summed E-state index contributed by atoms with van der Waals surface area (Å²) in [6.07, 6.45) is 0.698. The summed E-state index contributed by atoms with van der Waals surface area (Å²) >= 11 is 0. The molecule has 2 heterocycles. The van der Waals surface area contributed by atoms with Crippen molar-refractivity contribution in [2.24, 2.45) is 0 Å². The highest BCUT2D eigenvalue weighted by atomic mass is 32.2. The van der Waals surface area contributed by atoms with Gasteiger partial charge in [0.25, 0.3) is 0 Å². The zero-order chi connectivity index (χ0) is 23.5. The number of carbonyl (C=O) groups excluding carboxylic acids is 1. The predicted molar refractivity (Wildman–Crippen MR) is 119 cm³/mol. The number of sulfonamides is 2. The van der Waals surface area contributed by atoms with Crippen molar-refractivity contribution in [1.82, 2.24) is 13.9 Å². The van der Waals surface area contributed by atoms with Gasteiger partial charge in [0.05, 0.1) is 29.5 Å². The van der Waals surface area contributed by atoms with Crippen molar-refractivity contribution in [3.63, 3.8) is 0 Å². The van der Waals surface area contributed by atoms with E-state index in [0.717, 1.165) is 0 Å². The minimum atomic E-state index is -3.95. The van der Waals surface area contributed by atoms with Gasteiger partial charge in [0.2, 0.25) is 26.0 Å². The summed E-state index contributed by atoms with van der Waals surface area (Å²) in [6.45, 7) is 1.12. The number of hydrogen-bond donors (Lipinski definition) is 1. The van der Waals surface area contributed by atoms with Crippen LogP contribution in [0.1, 0.15) is 6.42 Å². The van der Waals surface area contributed by atoms with Gasteiger partial charge >= 0.3 is 0 Å². The van der Waals surface area contributed by atoms with E-state index in [1.807, 2.05) is 0 Å².